The highest BCUT2D eigenvalue weighted by Crippen LogP contribution is 2.32. The largest absolute Gasteiger partial charge is 0.460 e. The van der Waals surface area contributed by atoms with Gasteiger partial charge in [0, 0.05) is 11.1 Å². The summed E-state index contributed by atoms with van der Waals surface area (Å²) in [6, 6.07) is 4.47. The first-order valence-corrected chi connectivity index (χ1v) is 7.47. The van der Waals surface area contributed by atoms with Gasteiger partial charge in [-0.15, -0.1) is 0 Å². The number of rotatable bonds is 3. The number of carbonyl (C=O) groups is 2. The Hall–Kier alpha value is -1.97. The van der Waals surface area contributed by atoms with Crippen molar-refractivity contribution < 1.29 is 18.7 Å². The number of aldehydes is 1. The van der Waals surface area contributed by atoms with Gasteiger partial charge in [0.1, 0.15) is 17.7 Å². The van der Waals surface area contributed by atoms with Crippen molar-refractivity contribution in [3.8, 4) is 0 Å². The molecule has 1 aliphatic rings. The van der Waals surface area contributed by atoms with Crippen LogP contribution in [0.5, 0.6) is 0 Å². The first kappa shape index (κ1) is 16.4. The summed E-state index contributed by atoms with van der Waals surface area (Å²) < 4.78 is 19.4. The maximum Gasteiger partial charge on any atom is 0.309 e. The van der Waals surface area contributed by atoms with Crippen LogP contribution in [-0.4, -0.2) is 17.9 Å². The molecule has 0 heterocycles. The summed E-state index contributed by atoms with van der Waals surface area (Å²) in [7, 11) is 0. The summed E-state index contributed by atoms with van der Waals surface area (Å²) in [5.41, 5.74) is 1.23. The number of allylic oxidation sites excluding steroid dienone is 2. The summed E-state index contributed by atoms with van der Waals surface area (Å²) >= 11 is 0. The average Bonchev–Trinajstić information content (AvgIpc) is 2.45. The third-order valence-electron chi connectivity index (χ3n) is 3.63. The standard InChI is InChI=1S/C18H21FO3/c1-18(2,3)22-17(21)14-7-5-13(6-8-14)15-9-4-12(11-20)10-16(15)19/h4-5,9-11,14H,6-8H2,1-3H3/t14-/m0/s1. The van der Waals surface area contributed by atoms with Crippen LogP contribution < -0.4 is 0 Å². The lowest BCUT2D eigenvalue weighted by Crippen LogP contribution is -2.29. The van der Waals surface area contributed by atoms with Crippen molar-refractivity contribution in [3.05, 3.63) is 41.2 Å². The van der Waals surface area contributed by atoms with Crippen molar-refractivity contribution in [3.63, 3.8) is 0 Å². The summed E-state index contributed by atoms with van der Waals surface area (Å²) in [6.45, 7) is 5.54. The normalized spacial score (nSPS) is 18.5. The van der Waals surface area contributed by atoms with E-state index >= 15 is 0 Å². The van der Waals surface area contributed by atoms with Crippen molar-refractivity contribution in [1.29, 1.82) is 0 Å². The molecule has 1 atom stereocenters. The molecule has 3 nitrogen and oxygen atoms in total. The van der Waals surface area contributed by atoms with Crippen LogP contribution in [0.2, 0.25) is 0 Å². The van der Waals surface area contributed by atoms with Gasteiger partial charge in [0.25, 0.3) is 0 Å². The Kier molecular flexibility index (Phi) is 4.79. The van der Waals surface area contributed by atoms with Gasteiger partial charge in [0.15, 0.2) is 0 Å². The van der Waals surface area contributed by atoms with Gasteiger partial charge in [-0.3, -0.25) is 9.59 Å². The quantitative estimate of drug-likeness (QED) is 0.622. The van der Waals surface area contributed by atoms with Crippen molar-refractivity contribution in [2.24, 2.45) is 5.92 Å². The van der Waals surface area contributed by atoms with E-state index < -0.39 is 11.4 Å². The van der Waals surface area contributed by atoms with Gasteiger partial charge in [-0.2, -0.15) is 0 Å². The van der Waals surface area contributed by atoms with Crippen LogP contribution in [0.15, 0.2) is 24.3 Å². The lowest BCUT2D eigenvalue weighted by Gasteiger charge is -2.26. The van der Waals surface area contributed by atoms with Gasteiger partial charge in [0.2, 0.25) is 0 Å². The Balaban J connectivity index is 2.08. The number of esters is 1. The van der Waals surface area contributed by atoms with Gasteiger partial charge in [-0.1, -0.05) is 18.2 Å². The maximum atomic E-state index is 14.0. The van der Waals surface area contributed by atoms with Crippen LogP contribution in [0.1, 0.15) is 56.0 Å². The summed E-state index contributed by atoms with van der Waals surface area (Å²) in [6.07, 6.45) is 4.35. The van der Waals surface area contributed by atoms with Crippen molar-refractivity contribution >= 4 is 17.8 Å². The first-order valence-electron chi connectivity index (χ1n) is 7.47. The van der Waals surface area contributed by atoms with E-state index in [9.17, 15) is 14.0 Å². The highest BCUT2D eigenvalue weighted by Gasteiger charge is 2.27. The predicted molar refractivity (Wildman–Crippen MR) is 83.0 cm³/mol. The highest BCUT2D eigenvalue weighted by molar-refractivity contribution is 5.78. The zero-order valence-corrected chi connectivity index (χ0v) is 13.2. The monoisotopic (exact) mass is 304 g/mol. The van der Waals surface area contributed by atoms with E-state index in [2.05, 4.69) is 0 Å². The molecule has 0 fully saturated rings. The number of hydrogen-bond donors (Lipinski definition) is 0. The van der Waals surface area contributed by atoms with Crippen LogP contribution >= 0.6 is 0 Å². The second kappa shape index (κ2) is 6.42. The molecule has 0 aliphatic heterocycles. The molecule has 0 radical (unpaired) electrons. The molecule has 0 bridgehead atoms. The maximum absolute atomic E-state index is 14.0. The van der Waals surface area contributed by atoms with Gasteiger partial charge in [-0.25, -0.2) is 4.39 Å². The molecular weight excluding hydrogens is 283 g/mol. The van der Waals surface area contributed by atoms with Gasteiger partial charge < -0.3 is 4.74 Å². The summed E-state index contributed by atoms with van der Waals surface area (Å²) in [4.78, 5) is 22.7. The minimum atomic E-state index is -0.488. The van der Waals surface area contributed by atoms with E-state index in [0.29, 0.717) is 36.7 Å². The van der Waals surface area contributed by atoms with Gasteiger partial charge in [-0.05, 0) is 51.7 Å². The highest BCUT2D eigenvalue weighted by atomic mass is 19.1. The Morgan fingerprint density at radius 3 is 2.59 bits per heavy atom. The Bertz CT molecular complexity index is 611. The molecule has 0 N–H and O–H groups in total. The number of benzene rings is 1. The van der Waals surface area contributed by atoms with Crippen LogP contribution in [0, 0.1) is 11.7 Å². The van der Waals surface area contributed by atoms with E-state index in [4.69, 9.17) is 4.74 Å². The zero-order chi connectivity index (χ0) is 16.3. The molecule has 0 unspecified atom stereocenters. The number of hydrogen-bond acceptors (Lipinski definition) is 3. The van der Waals surface area contributed by atoms with Gasteiger partial charge in [0.05, 0.1) is 5.92 Å². The van der Waals surface area contributed by atoms with E-state index in [-0.39, 0.29) is 11.9 Å². The van der Waals surface area contributed by atoms with E-state index in [0.717, 1.165) is 5.57 Å². The average molecular weight is 304 g/mol. The third-order valence-corrected chi connectivity index (χ3v) is 3.63. The summed E-state index contributed by atoms with van der Waals surface area (Å²) in [5.74, 6) is -0.758. The molecule has 1 aromatic carbocycles. The van der Waals surface area contributed by atoms with Crippen LogP contribution in [0.3, 0.4) is 0 Å². The van der Waals surface area contributed by atoms with E-state index in [1.807, 2.05) is 26.8 Å². The first-order chi connectivity index (χ1) is 10.3. The molecule has 1 aliphatic carbocycles. The third kappa shape index (κ3) is 4.03. The summed E-state index contributed by atoms with van der Waals surface area (Å²) in [5, 5.41) is 0. The Labute approximate surface area is 130 Å². The molecule has 0 saturated heterocycles. The SMILES string of the molecule is CC(C)(C)OC(=O)[C@H]1CC=C(c2ccc(C=O)cc2F)CC1. The molecule has 4 heteroatoms. The number of carbonyl (C=O) groups excluding carboxylic acids is 2. The number of ether oxygens (including phenoxy) is 1. The fourth-order valence-corrected chi connectivity index (χ4v) is 2.54. The van der Waals surface area contributed by atoms with E-state index in [1.54, 1.807) is 12.1 Å². The fourth-order valence-electron chi connectivity index (χ4n) is 2.54. The lowest BCUT2D eigenvalue weighted by atomic mass is 9.86. The Morgan fingerprint density at radius 1 is 1.36 bits per heavy atom. The van der Waals surface area contributed by atoms with Crippen LogP contribution in [-0.2, 0) is 9.53 Å². The van der Waals surface area contributed by atoms with Crippen molar-refractivity contribution in [1.82, 2.24) is 0 Å². The topological polar surface area (TPSA) is 43.4 Å². The van der Waals surface area contributed by atoms with E-state index in [1.165, 1.54) is 6.07 Å². The number of halogens is 1. The minimum absolute atomic E-state index is 0.166. The molecule has 2 rings (SSSR count). The molecule has 0 aromatic heterocycles. The second-order valence-electron chi connectivity index (χ2n) is 6.59. The molecule has 1 aromatic rings. The molecule has 0 amide bonds. The molecule has 0 spiro atoms. The van der Waals surface area contributed by atoms with Crippen molar-refractivity contribution in [2.45, 2.75) is 45.6 Å². The molecule has 118 valence electrons. The van der Waals surface area contributed by atoms with Crippen LogP contribution in [0.4, 0.5) is 4.39 Å². The minimum Gasteiger partial charge on any atom is -0.460 e. The molecular formula is C18H21FO3. The lowest BCUT2D eigenvalue weighted by molar-refractivity contribution is -0.160. The predicted octanol–water partition coefficient (Wildman–Crippen LogP) is 4.16. The van der Waals surface area contributed by atoms with Crippen LogP contribution in [0.25, 0.3) is 5.57 Å². The Morgan fingerprint density at radius 2 is 2.09 bits per heavy atom. The van der Waals surface area contributed by atoms with Gasteiger partial charge >= 0.3 is 5.97 Å². The fraction of sp³-hybridized carbons (Fsp3) is 0.444. The molecule has 0 saturated carbocycles. The second-order valence-corrected chi connectivity index (χ2v) is 6.59. The molecule has 22 heavy (non-hydrogen) atoms. The van der Waals surface area contributed by atoms with Crippen molar-refractivity contribution in [2.75, 3.05) is 0 Å². The zero-order valence-electron chi connectivity index (χ0n) is 13.2. The smallest absolute Gasteiger partial charge is 0.309 e.